The van der Waals surface area contributed by atoms with Crippen molar-refractivity contribution >= 4 is 28.4 Å². The number of rotatable bonds is 10. The molecule has 0 N–H and O–H groups in total. The molecule has 0 spiro atoms. The van der Waals surface area contributed by atoms with Crippen LogP contribution in [0, 0.1) is 5.92 Å². The first-order valence-corrected chi connectivity index (χ1v) is 12.4. The van der Waals surface area contributed by atoms with Crippen LogP contribution in [-0.4, -0.2) is 26.9 Å². The zero-order valence-corrected chi connectivity index (χ0v) is 20.8. The molecule has 5 nitrogen and oxygen atoms in total. The summed E-state index contributed by atoms with van der Waals surface area (Å²) in [5.74, 6) is 0.713. The van der Waals surface area contributed by atoms with E-state index in [9.17, 15) is 9.59 Å². The highest BCUT2D eigenvalue weighted by atomic mass is 35.5. The first kappa shape index (κ1) is 25.0. The molecule has 2 aromatic carbocycles. The van der Waals surface area contributed by atoms with E-state index in [0.29, 0.717) is 40.4 Å². The number of carbonyl (C=O) groups excluding carboxylic acids is 1. The second-order valence-electron chi connectivity index (χ2n) is 8.40. The predicted molar refractivity (Wildman–Crippen MR) is 136 cm³/mol. The molecule has 33 heavy (non-hydrogen) atoms. The standard InChI is InChI=1S/C27H34ClN3O2/c1-5-9-12-19(6-2)26(32)30(8-4)24(7-3)25-29-23-14-11-10-13-22(23)27(33)31(25)21-17-15-20(28)16-18-21/h10-11,13-19,24H,5-9,12H2,1-4H3. The maximum atomic E-state index is 13.7. The van der Waals surface area contributed by atoms with Crippen LogP contribution in [0.5, 0.6) is 0 Å². The van der Waals surface area contributed by atoms with E-state index >= 15 is 0 Å². The Hall–Kier alpha value is -2.66. The molecule has 2 atom stereocenters. The number of hydrogen-bond donors (Lipinski definition) is 0. The first-order valence-electron chi connectivity index (χ1n) is 12.0. The van der Waals surface area contributed by atoms with Crippen LogP contribution in [0.4, 0.5) is 0 Å². The van der Waals surface area contributed by atoms with Gasteiger partial charge in [0.15, 0.2) is 0 Å². The predicted octanol–water partition coefficient (Wildman–Crippen LogP) is 6.56. The van der Waals surface area contributed by atoms with Gasteiger partial charge < -0.3 is 4.90 Å². The highest BCUT2D eigenvalue weighted by molar-refractivity contribution is 6.30. The number of para-hydroxylation sites is 1. The minimum atomic E-state index is -0.314. The van der Waals surface area contributed by atoms with Gasteiger partial charge in [-0.2, -0.15) is 0 Å². The van der Waals surface area contributed by atoms with Crippen molar-refractivity contribution in [2.24, 2.45) is 5.92 Å². The van der Waals surface area contributed by atoms with Gasteiger partial charge in [-0.1, -0.05) is 57.3 Å². The summed E-state index contributed by atoms with van der Waals surface area (Å²) in [7, 11) is 0. The quantitative estimate of drug-likeness (QED) is 0.339. The molecule has 0 aliphatic rings. The van der Waals surface area contributed by atoms with Gasteiger partial charge in [-0.3, -0.25) is 14.2 Å². The van der Waals surface area contributed by atoms with Crippen LogP contribution in [0.25, 0.3) is 16.6 Å². The summed E-state index contributed by atoms with van der Waals surface area (Å²) in [6.45, 7) is 8.82. The van der Waals surface area contributed by atoms with Crippen molar-refractivity contribution in [1.82, 2.24) is 14.5 Å². The van der Waals surface area contributed by atoms with Gasteiger partial charge in [-0.25, -0.2) is 4.98 Å². The number of halogens is 1. The van der Waals surface area contributed by atoms with Crippen LogP contribution in [-0.2, 0) is 4.79 Å². The minimum Gasteiger partial charge on any atom is -0.333 e. The molecule has 2 unspecified atom stereocenters. The lowest BCUT2D eigenvalue weighted by atomic mass is 9.96. The lowest BCUT2D eigenvalue weighted by Crippen LogP contribution is -2.41. The Morgan fingerprint density at radius 2 is 1.73 bits per heavy atom. The number of benzene rings is 2. The van der Waals surface area contributed by atoms with Gasteiger partial charge in [0.05, 0.1) is 22.6 Å². The number of fused-ring (bicyclic) bond motifs is 1. The smallest absolute Gasteiger partial charge is 0.266 e. The number of carbonyl (C=O) groups is 1. The Bertz CT molecular complexity index is 1140. The molecular formula is C27H34ClN3O2. The van der Waals surface area contributed by atoms with Crippen LogP contribution in [0.15, 0.2) is 53.3 Å². The molecule has 176 valence electrons. The molecule has 1 heterocycles. The van der Waals surface area contributed by atoms with Crippen LogP contribution < -0.4 is 5.56 Å². The number of aromatic nitrogens is 2. The van der Waals surface area contributed by atoms with E-state index in [0.717, 1.165) is 25.7 Å². The Kier molecular flexibility index (Phi) is 8.67. The number of hydrogen-bond acceptors (Lipinski definition) is 3. The molecule has 0 saturated heterocycles. The average molecular weight is 468 g/mol. The van der Waals surface area contributed by atoms with E-state index in [2.05, 4.69) is 13.8 Å². The topological polar surface area (TPSA) is 55.2 Å². The third-order valence-corrected chi connectivity index (χ3v) is 6.57. The maximum Gasteiger partial charge on any atom is 0.266 e. The summed E-state index contributed by atoms with van der Waals surface area (Å²) in [5.41, 5.74) is 1.19. The molecular weight excluding hydrogens is 434 g/mol. The zero-order valence-electron chi connectivity index (χ0n) is 20.1. The van der Waals surface area contributed by atoms with Gasteiger partial charge in [0.1, 0.15) is 5.82 Å². The molecule has 6 heteroatoms. The summed E-state index contributed by atoms with van der Waals surface area (Å²) >= 11 is 6.11. The van der Waals surface area contributed by atoms with Crippen molar-refractivity contribution in [1.29, 1.82) is 0 Å². The van der Waals surface area contributed by atoms with E-state index in [1.165, 1.54) is 0 Å². The van der Waals surface area contributed by atoms with E-state index in [1.807, 2.05) is 49.1 Å². The molecule has 0 aliphatic heterocycles. The second kappa shape index (κ2) is 11.5. The molecule has 0 aliphatic carbocycles. The number of amides is 1. The molecule has 0 fully saturated rings. The Labute approximate surface area is 201 Å². The van der Waals surface area contributed by atoms with Crippen molar-refractivity contribution in [3.05, 3.63) is 69.7 Å². The summed E-state index contributed by atoms with van der Waals surface area (Å²) < 4.78 is 1.65. The van der Waals surface area contributed by atoms with Gasteiger partial charge in [-0.05, 0) is 62.6 Å². The minimum absolute atomic E-state index is 0.0184. The van der Waals surface area contributed by atoms with Crippen molar-refractivity contribution in [2.75, 3.05) is 6.54 Å². The first-order chi connectivity index (χ1) is 16.0. The fraction of sp³-hybridized carbons (Fsp3) is 0.444. The zero-order chi connectivity index (χ0) is 24.0. The monoisotopic (exact) mass is 467 g/mol. The van der Waals surface area contributed by atoms with Gasteiger partial charge in [0.25, 0.3) is 5.56 Å². The molecule has 0 bridgehead atoms. The largest absolute Gasteiger partial charge is 0.333 e. The Morgan fingerprint density at radius 1 is 1.03 bits per heavy atom. The van der Waals surface area contributed by atoms with Crippen LogP contribution in [0.2, 0.25) is 5.02 Å². The molecule has 3 aromatic rings. The number of nitrogens with zero attached hydrogens (tertiary/aromatic N) is 3. The van der Waals surface area contributed by atoms with Gasteiger partial charge in [0.2, 0.25) is 5.91 Å². The summed E-state index contributed by atoms with van der Waals surface area (Å²) in [6, 6.07) is 14.2. The van der Waals surface area contributed by atoms with E-state index in [4.69, 9.17) is 16.6 Å². The summed E-state index contributed by atoms with van der Waals surface area (Å²) in [5, 5.41) is 1.15. The lowest BCUT2D eigenvalue weighted by molar-refractivity contribution is -0.138. The fourth-order valence-electron chi connectivity index (χ4n) is 4.47. The molecule has 0 saturated carbocycles. The van der Waals surface area contributed by atoms with E-state index < -0.39 is 0 Å². The van der Waals surface area contributed by atoms with Gasteiger partial charge >= 0.3 is 0 Å². The van der Waals surface area contributed by atoms with Crippen molar-refractivity contribution in [3.8, 4) is 5.69 Å². The van der Waals surface area contributed by atoms with Crippen LogP contribution >= 0.6 is 11.6 Å². The normalized spacial score (nSPS) is 13.1. The maximum absolute atomic E-state index is 13.7. The van der Waals surface area contributed by atoms with Gasteiger partial charge in [-0.15, -0.1) is 0 Å². The highest BCUT2D eigenvalue weighted by Gasteiger charge is 2.31. The molecule has 1 aromatic heterocycles. The molecule has 3 rings (SSSR count). The van der Waals surface area contributed by atoms with Gasteiger partial charge in [0, 0.05) is 17.5 Å². The lowest BCUT2D eigenvalue weighted by Gasteiger charge is -2.34. The second-order valence-corrected chi connectivity index (χ2v) is 8.84. The summed E-state index contributed by atoms with van der Waals surface area (Å²) in [6.07, 6.45) is 4.44. The summed E-state index contributed by atoms with van der Waals surface area (Å²) in [4.78, 5) is 34.1. The fourth-order valence-corrected chi connectivity index (χ4v) is 4.60. The highest BCUT2D eigenvalue weighted by Crippen LogP contribution is 2.29. The van der Waals surface area contributed by atoms with Crippen molar-refractivity contribution in [3.63, 3.8) is 0 Å². The van der Waals surface area contributed by atoms with E-state index in [1.54, 1.807) is 22.8 Å². The molecule has 1 amide bonds. The average Bonchev–Trinajstić information content (AvgIpc) is 2.83. The Morgan fingerprint density at radius 3 is 2.33 bits per heavy atom. The third kappa shape index (κ3) is 5.30. The van der Waals surface area contributed by atoms with Crippen molar-refractivity contribution in [2.45, 2.75) is 65.8 Å². The third-order valence-electron chi connectivity index (χ3n) is 6.32. The van der Waals surface area contributed by atoms with Crippen LogP contribution in [0.1, 0.15) is 71.7 Å². The SMILES string of the molecule is CCCCC(CC)C(=O)N(CC)C(CC)c1nc2ccccc2c(=O)n1-c1ccc(Cl)cc1. The Balaban J connectivity index is 2.20. The van der Waals surface area contributed by atoms with Crippen molar-refractivity contribution < 1.29 is 4.79 Å². The van der Waals surface area contributed by atoms with Crippen LogP contribution in [0.3, 0.4) is 0 Å². The number of unbranched alkanes of at least 4 members (excludes halogenated alkanes) is 1. The molecule has 0 radical (unpaired) electrons. The van der Waals surface area contributed by atoms with E-state index in [-0.39, 0.29) is 23.4 Å².